The van der Waals surface area contributed by atoms with Gasteiger partial charge in [-0.3, -0.25) is 0 Å². The van der Waals surface area contributed by atoms with Crippen LogP contribution < -0.4 is 9.47 Å². The molecule has 2 aromatic carbocycles. The van der Waals surface area contributed by atoms with Crippen molar-refractivity contribution < 1.29 is 17.9 Å². The van der Waals surface area contributed by atoms with Crippen LogP contribution in [0.2, 0.25) is 5.02 Å². The third-order valence-electron chi connectivity index (χ3n) is 5.73. The highest BCUT2D eigenvalue weighted by Gasteiger charge is 2.32. The summed E-state index contributed by atoms with van der Waals surface area (Å²) >= 11 is 6.43. The number of rotatable bonds is 9. The number of sulfonamides is 1. The normalized spacial score (nSPS) is 14.7. The molecular weight excluding hydrogens is 462 g/mol. The lowest BCUT2D eigenvalue weighted by Crippen LogP contribution is -2.49. The molecule has 1 fully saturated rings. The lowest BCUT2D eigenvalue weighted by Gasteiger charge is -2.37. The molecule has 0 radical (unpaired) electrons. The summed E-state index contributed by atoms with van der Waals surface area (Å²) < 4.78 is 37.9. The summed E-state index contributed by atoms with van der Waals surface area (Å²) in [6.45, 7) is 4.17. The molecule has 33 heavy (non-hydrogen) atoms. The van der Waals surface area contributed by atoms with Crippen molar-refractivity contribution in [3.63, 3.8) is 0 Å². The molecule has 9 heteroatoms. The van der Waals surface area contributed by atoms with E-state index < -0.39 is 10.0 Å². The third-order valence-corrected chi connectivity index (χ3v) is 7.24. The Bertz CT molecular complexity index is 1310. The van der Waals surface area contributed by atoms with Gasteiger partial charge in [0.05, 0.1) is 35.6 Å². The van der Waals surface area contributed by atoms with Crippen molar-refractivity contribution in [2.75, 3.05) is 32.6 Å². The van der Waals surface area contributed by atoms with Crippen LogP contribution in [-0.2, 0) is 10.0 Å². The average Bonchev–Trinajstić information content (AvgIpc) is 3.16. The van der Waals surface area contributed by atoms with Gasteiger partial charge in [-0.15, -0.1) is 0 Å². The number of aromatic nitrogens is 1. The second-order valence-corrected chi connectivity index (χ2v) is 10.6. The quantitative estimate of drug-likeness (QED) is 0.440. The van der Waals surface area contributed by atoms with E-state index in [4.69, 9.17) is 21.1 Å². The number of ether oxygens (including phenoxy) is 2. The summed E-state index contributed by atoms with van der Waals surface area (Å²) in [5.41, 5.74) is 2.15. The largest absolute Gasteiger partial charge is 0.494 e. The summed E-state index contributed by atoms with van der Waals surface area (Å²) in [6, 6.07) is 13.6. The monoisotopic (exact) mass is 487 g/mol. The van der Waals surface area contributed by atoms with E-state index in [0.29, 0.717) is 48.6 Å². The first-order valence-electron chi connectivity index (χ1n) is 10.9. The molecule has 0 N–H and O–H groups in total. The number of halogens is 1. The Labute approximate surface area is 199 Å². The van der Waals surface area contributed by atoms with Gasteiger partial charge in [0.2, 0.25) is 10.0 Å². The van der Waals surface area contributed by atoms with Crippen molar-refractivity contribution >= 4 is 32.5 Å². The van der Waals surface area contributed by atoms with Crippen LogP contribution in [-0.4, -0.2) is 49.8 Å². The predicted octanol–water partition coefficient (Wildman–Crippen LogP) is 4.60. The second-order valence-electron chi connectivity index (χ2n) is 8.25. The van der Waals surface area contributed by atoms with Gasteiger partial charge in [-0.1, -0.05) is 18.5 Å². The first-order chi connectivity index (χ1) is 15.8. The molecule has 1 saturated heterocycles. The summed E-state index contributed by atoms with van der Waals surface area (Å²) in [5.74, 6) is 1.52. The van der Waals surface area contributed by atoms with Gasteiger partial charge in [-0.25, -0.2) is 12.7 Å². The first-order valence-corrected chi connectivity index (χ1v) is 13.1. The zero-order valence-corrected chi connectivity index (χ0v) is 20.2. The molecule has 174 valence electrons. The molecule has 2 heterocycles. The smallest absolute Gasteiger partial charge is 0.211 e. The van der Waals surface area contributed by atoms with E-state index >= 15 is 0 Å². The van der Waals surface area contributed by atoms with Crippen molar-refractivity contribution in [3.05, 3.63) is 53.2 Å². The zero-order chi connectivity index (χ0) is 23.6. The van der Waals surface area contributed by atoms with Gasteiger partial charge in [0, 0.05) is 30.4 Å². The van der Waals surface area contributed by atoms with Gasteiger partial charge in [-0.2, -0.15) is 5.26 Å². The highest BCUT2D eigenvalue weighted by Crippen LogP contribution is 2.33. The van der Waals surface area contributed by atoms with E-state index in [0.717, 1.165) is 35.2 Å². The number of hydrogen-bond donors (Lipinski definition) is 0. The summed E-state index contributed by atoms with van der Waals surface area (Å²) in [6.07, 6.45) is 4.81. The minimum Gasteiger partial charge on any atom is -0.494 e. The van der Waals surface area contributed by atoms with E-state index in [-0.39, 0.29) is 0 Å². The van der Waals surface area contributed by atoms with E-state index in [1.54, 1.807) is 12.1 Å². The lowest BCUT2D eigenvalue weighted by atomic mass is 10.0. The van der Waals surface area contributed by atoms with Crippen LogP contribution in [0.5, 0.6) is 11.5 Å². The molecule has 0 amide bonds. The van der Waals surface area contributed by atoms with Crippen LogP contribution in [0.15, 0.2) is 42.6 Å². The molecule has 0 unspecified atom stereocenters. The summed E-state index contributed by atoms with van der Waals surface area (Å²) in [5, 5.41) is 11.0. The van der Waals surface area contributed by atoms with Crippen LogP contribution in [0.1, 0.15) is 25.3 Å². The maximum Gasteiger partial charge on any atom is 0.211 e. The first kappa shape index (κ1) is 23.4. The van der Waals surface area contributed by atoms with Crippen molar-refractivity contribution in [1.82, 2.24) is 8.87 Å². The Morgan fingerprint density at radius 1 is 1.15 bits per heavy atom. The Hall–Kier alpha value is -2.73. The maximum absolute atomic E-state index is 11.5. The predicted molar refractivity (Wildman–Crippen MR) is 129 cm³/mol. The van der Waals surface area contributed by atoms with Crippen molar-refractivity contribution in [2.45, 2.75) is 19.8 Å². The minimum atomic E-state index is -3.08. The molecule has 7 nitrogen and oxygen atoms in total. The van der Waals surface area contributed by atoms with Gasteiger partial charge in [0.15, 0.2) is 5.75 Å². The fraction of sp³-hybridized carbons (Fsp3) is 0.375. The van der Waals surface area contributed by atoms with Crippen LogP contribution in [0.25, 0.3) is 16.6 Å². The highest BCUT2D eigenvalue weighted by molar-refractivity contribution is 7.88. The molecule has 0 spiro atoms. The molecule has 0 saturated carbocycles. The third kappa shape index (κ3) is 5.11. The number of hydrogen-bond acceptors (Lipinski definition) is 5. The summed E-state index contributed by atoms with van der Waals surface area (Å²) in [4.78, 5) is 0. The number of nitrogens with zero attached hydrogens (tertiary/aromatic N) is 3. The van der Waals surface area contributed by atoms with Gasteiger partial charge in [-0.05, 0) is 55.2 Å². The lowest BCUT2D eigenvalue weighted by molar-refractivity contribution is 0.162. The number of nitriles is 1. The fourth-order valence-electron chi connectivity index (χ4n) is 3.91. The number of benzene rings is 2. The van der Waals surface area contributed by atoms with E-state index in [1.165, 1.54) is 10.6 Å². The van der Waals surface area contributed by atoms with E-state index in [2.05, 4.69) is 6.07 Å². The van der Waals surface area contributed by atoms with Crippen LogP contribution in [0, 0.1) is 17.2 Å². The molecule has 1 aliphatic heterocycles. The van der Waals surface area contributed by atoms with Crippen molar-refractivity contribution in [1.29, 1.82) is 5.26 Å². The van der Waals surface area contributed by atoms with Crippen LogP contribution in [0.4, 0.5) is 0 Å². The van der Waals surface area contributed by atoms with Crippen molar-refractivity contribution in [2.24, 2.45) is 5.92 Å². The summed E-state index contributed by atoms with van der Waals surface area (Å²) in [7, 11) is -3.08. The Morgan fingerprint density at radius 2 is 1.94 bits per heavy atom. The Balaban J connectivity index is 1.45. The van der Waals surface area contributed by atoms with Crippen LogP contribution >= 0.6 is 11.6 Å². The minimum absolute atomic E-state index is 0.341. The van der Waals surface area contributed by atoms with Gasteiger partial charge in [0.25, 0.3) is 0 Å². The highest BCUT2D eigenvalue weighted by atomic mass is 35.5. The van der Waals surface area contributed by atoms with E-state index in [1.807, 2.05) is 42.0 Å². The fourth-order valence-corrected chi connectivity index (χ4v) is 5.14. The maximum atomic E-state index is 11.5. The van der Waals surface area contributed by atoms with Gasteiger partial charge in [0.1, 0.15) is 11.8 Å². The molecule has 0 aliphatic carbocycles. The molecule has 4 rings (SSSR count). The molecule has 1 aromatic heterocycles. The molecular formula is C24H26ClN3O4S. The standard InChI is InChI=1S/C24H26ClN3O4S/c1-3-9-32-24-19(14-26)11-20(13-22(24)25)28-8-6-18-12-21(4-5-23(18)28)31-10-7-17-15-27(16-17)33(2,29)30/h4-6,8,11-13,17H,3,7,9-10,15-16H2,1-2H3. The Morgan fingerprint density at radius 3 is 2.64 bits per heavy atom. The topological polar surface area (TPSA) is 84.6 Å². The molecule has 0 bridgehead atoms. The SMILES string of the molecule is CCCOc1c(Cl)cc(-n2ccc3cc(OCCC4CN(S(C)(=O)=O)C4)ccc32)cc1C#N. The number of fused-ring (bicyclic) bond motifs is 1. The average molecular weight is 488 g/mol. The van der Waals surface area contributed by atoms with Crippen LogP contribution in [0.3, 0.4) is 0 Å². The van der Waals surface area contributed by atoms with Crippen molar-refractivity contribution in [3.8, 4) is 23.3 Å². The Kier molecular flexibility index (Phi) is 6.84. The molecule has 0 atom stereocenters. The molecule has 3 aromatic rings. The second kappa shape index (κ2) is 9.64. The van der Waals surface area contributed by atoms with E-state index in [9.17, 15) is 13.7 Å². The van der Waals surface area contributed by atoms with Gasteiger partial charge < -0.3 is 14.0 Å². The zero-order valence-electron chi connectivity index (χ0n) is 18.6. The molecule has 1 aliphatic rings. The van der Waals surface area contributed by atoms with Gasteiger partial charge >= 0.3 is 0 Å².